The third-order valence-corrected chi connectivity index (χ3v) is 6.33. The first-order valence-electron chi connectivity index (χ1n) is 12.0. The van der Waals surface area contributed by atoms with E-state index < -0.39 is 0 Å². The average Bonchev–Trinajstić information content (AvgIpc) is 2.79. The van der Waals surface area contributed by atoms with Gasteiger partial charge in [-0.3, -0.25) is 0 Å². The second kappa shape index (κ2) is 14.3. The molecule has 31 heavy (non-hydrogen) atoms. The fourth-order valence-electron chi connectivity index (χ4n) is 4.25. The van der Waals surface area contributed by atoms with Gasteiger partial charge in [-0.05, 0) is 66.4 Å². The van der Waals surface area contributed by atoms with E-state index in [2.05, 4.69) is 32.2 Å². The highest BCUT2D eigenvalue weighted by atomic mass is 16.5. The largest absolute Gasteiger partial charge is 0.493 e. The zero-order valence-electron chi connectivity index (χ0n) is 19.4. The number of ether oxygens (including phenoxy) is 2. The summed E-state index contributed by atoms with van der Waals surface area (Å²) in [5.41, 5.74) is 2.84. The van der Waals surface area contributed by atoms with Crippen LogP contribution in [-0.4, -0.2) is 36.6 Å². The van der Waals surface area contributed by atoms with Crippen molar-refractivity contribution in [3.05, 3.63) is 48.1 Å². The lowest BCUT2D eigenvalue weighted by molar-refractivity contribution is 0.281. The van der Waals surface area contributed by atoms with Crippen LogP contribution in [0.15, 0.2) is 42.5 Å². The highest BCUT2D eigenvalue weighted by Crippen LogP contribution is 2.40. The van der Waals surface area contributed by atoms with Crippen molar-refractivity contribution in [2.24, 2.45) is 5.92 Å². The second-order valence-corrected chi connectivity index (χ2v) is 8.96. The molecule has 1 aromatic carbocycles. The molecule has 0 bridgehead atoms. The number of aliphatic hydroxyl groups is 2. The first-order valence-corrected chi connectivity index (χ1v) is 12.0. The van der Waals surface area contributed by atoms with E-state index in [1.54, 1.807) is 0 Å². The predicted octanol–water partition coefficient (Wildman–Crippen LogP) is 6.18. The molecule has 2 rings (SSSR count). The number of hydrogen-bond donors (Lipinski definition) is 2. The monoisotopic (exact) mass is 430 g/mol. The van der Waals surface area contributed by atoms with Crippen LogP contribution in [0.4, 0.5) is 0 Å². The van der Waals surface area contributed by atoms with Gasteiger partial charge in [0.25, 0.3) is 0 Å². The molecule has 1 aromatic rings. The Morgan fingerprint density at radius 2 is 1.42 bits per heavy atom. The Morgan fingerprint density at radius 1 is 0.871 bits per heavy atom. The number of rotatable bonds is 15. The fraction of sp³-hybridized carbons (Fsp3) is 0.630. The van der Waals surface area contributed by atoms with Gasteiger partial charge < -0.3 is 19.7 Å². The summed E-state index contributed by atoms with van der Waals surface area (Å²) in [5.74, 6) is 3.05. The summed E-state index contributed by atoms with van der Waals surface area (Å²) in [4.78, 5) is 0. The Hall–Kier alpha value is -1.78. The molecule has 1 fully saturated rings. The molecule has 1 saturated carbocycles. The molecule has 4 nitrogen and oxygen atoms in total. The van der Waals surface area contributed by atoms with Crippen molar-refractivity contribution in [2.45, 2.75) is 77.0 Å². The molecule has 4 heteroatoms. The van der Waals surface area contributed by atoms with Crippen molar-refractivity contribution in [3.8, 4) is 11.5 Å². The maximum absolute atomic E-state index is 9.14. The van der Waals surface area contributed by atoms with Gasteiger partial charge in [0.05, 0.1) is 26.4 Å². The molecule has 0 atom stereocenters. The minimum Gasteiger partial charge on any atom is -0.493 e. The summed E-state index contributed by atoms with van der Waals surface area (Å²) in [6, 6.07) is 6.25. The molecule has 0 aromatic heterocycles. The van der Waals surface area contributed by atoms with Gasteiger partial charge in [0, 0.05) is 18.9 Å². The number of benzene rings is 1. The lowest BCUT2D eigenvalue weighted by Crippen LogP contribution is -2.14. The Labute approximate surface area is 189 Å². The van der Waals surface area contributed by atoms with E-state index in [-0.39, 0.29) is 13.2 Å². The van der Waals surface area contributed by atoms with Crippen LogP contribution < -0.4 is 9.47 Å². The van der Waals surface area contributed by atoms with E-state index in [1.165, 1.54) is 56.9 Å². The van der Waals surface area contributed by atoms with Gasteiger partial charge in [-0.15, -0.1) is 0 Å². The van der Waals surface area contributed by atoms with Crippen molar-refractivity contribution < 1.29 is 19.7 Å². The van der Waals surface area contributed by atoms with Crippen LogP contribution in [0.2, 0.25) is 0 Å². The topological polar surface area (TPSA) is 58.9 Å². The molecule has 174 valence electrons. The summed E-state index contributed by atoms with van der Waals surface area (Å²) in [6.07, 6.45) is 11.7. The van der Waals surface area contributed by atoms with Gasteiger partial charge in [-0.2, -0.15) is 0 Å². The SMILES string of the molecule is C=C(CO)CCOc1cc(OCCC(=C)CO)cc(C2CCC(CCCCC)CC2)c1. The minimum absolute atomic E-state index is 0.00595. The normalized spacial score (nSPS) is 18.5. The van der Waals surface area contributed by atoms with E-state index in [0.29, 0.717) is 32.0 Å². The molecule has 0 spiro atoms. The van der Waals surface area contributed by atoms with Crippen LogP contribution in [-0.2, 0) is 0 Å². The summed E-state index contributed by atoms with van der Waals surface area (Å²) in [7, 11) is 0. The van der Waals surface area contributed by atoms with Gasteiger partial charge in [-0.1, -0.05) is 45.8 Å². The Kier molecular flexibility index (Phi) is 11.8. The molecule has 0 saturated heterocycles. The predicted molar refractivity (Wildman–Crippen MR) is 128 cm³/mol. The van der Waals surface area contributed by atoms with Gasteiger partial charge in [0.1, 0.15) is 11.5 Å². The van der Waals surface area contributed by atoms with Crippen molar-refractivity contribution in [1.29, 1.82) is 0 Å². The molecule has 0 radical (unpaired) electrons. The molecule has 2 N–H and O–H groups in total. The van der Waals surface area contributed by atoms with Crippen LogP contribution in [0.25, 0.3) is 0 Å². The third-order valence-electron chi connectivity index (χ3n) is 6.33. The maximum Gasteiger partial charge on any atom is 0.123 e. The van der Waals surface area contributed by atoms with E-state index in [0.717, 1.165) is 28.6 Å². The quantitative estimate of drug-likeness (QED) is 0.258. The van der Waals surface area contributed by atoms with Gasteiger partial charge in [0.2, 0.25) is 0 Å². The molecule has 0 unspecified atom stereocenters. The van der Waals surface area contributed by atoms with E-state index in [1.807, 2.05) is 6.07 Å². The number of hydrogen-bond acceptors (Lipinski definition) is 4. The van der Waals surface area contributed by atoms with Crippen LogP contribution in [0.1, 0.15) is 82.6 Å². The van der Waals surface area contributed by atoms with Crippen molar-refractivity contribution in [1.82, 2.24) is 0 Å². The first-order chi connectivity index (χ1) is 15.0. The van der Waals surface area contributed by atoms with Crippen LogP contribution in [0.3, 0.4) is 0 Å². The smallest absolute Gasteiger partial charge is 0.123 e. The molecule has 1 aliphatic rings. The third kappa shape index (κ3) is 9.49. The highest BCUT2D eigenvalue weighted by Gasteiger charge is 2.23. The summed E-state index contributed by atoms with van der Waals surface area (Å²) in [5, 5.41) is 18.3. The van der Waals surface area contributed by atoms with Gasteiger partial charge in [0.15, 0.2) is 0 Å². The van der Waals surface area contributed by atoms with Crippen molar-refractivity contribution in [2.75, 3.05) is 26.4 Å². The van der Waals surface area contributed by atoms with Crippen LogP contribution >= 0.6 is 0 Å². The van der Waals surface area contributed by atoms with Crippen LogP contribution in [0.5, 0.6) is 11.5 Å². The lowest BCUT2D eigenvalue weighted by Gasteiger charge is -2.29. The lowest BCUT2D eigenvalue weighted by atomic mass is 9.77. The number of unbranched alkanes of at least 4 members (excludes halogenated alkanes) is 2. The van der Waals surface area contributed by atoms with Crippen molar-refractivity contribution >= 4 is 0 Å². The minimum atomic E-state index is -0.00595. The molecule has 1 aliphatic carbocycles. The van der Waals surface area contributed by atoms with E-state index >= 15 is 0 Å². The summed E-state index contributed by atoms with van der Waals surface area (Å²) < 4.78 is 12.0. The molecular weight excluding hydrogens is 388 g/mol. The molecular formula is C27H42O4. The summed E-state index contributed by atoms with van der Waals surface area (Å²) >= 11 is 0. The van der Waals surface area contributed by atoms with E-state index in [4.69, 9.17) is 19.7 Å². The van der Waals surface area contributed by atoms with Gasteiger partial charge in [-0.25, -0.2) is 0 Å². The van der Waals surface area contributed by atoms with Crippen molar-refractivity contribution in [3.63, 3.8) is 0 Å². The zero-order valence-corrected chi connectivity index (χ0v) is 19.4. The Balaban J connectivity index is 2.00. The molecule has 0 aliphatic heterocycles. The Bertz CT molecular complexity index is 634. The highest BCUT2D eigenvalue weighted by molar-refractivity contribution is 5.40. The number of aliphatic hydroxyl groups excluding tert-OH is 2. The molecule has 0 heterocycles. The fourth-order valence-corrected chi connectivity index (χ4v) is 4.25. The maximum atomic E-state index is 9.14. The first kappa shape index (κ1) is 25.5. The molecule has 0 amide bonds. The zero-order chi connectivity index (χ0) is 22.5. The average molecular weight is 431 g/mol. The van der Waals surface area contributed by atoms with Gasteiger partial charge >= 0.3 is 0 Å². The second-order valence-electron chi connectivity index (χ2n) is 8.96. The Morgan fingerprint density at radius 3 is 1.90 bits per heavy atom. The van der Waals surface area contributed by atoms with E-state index in [9.17, 15) is 0 Å². The summed E-state index contributed by atoms with van der Waals surface area (Å²) in [6.45, 7) is 10.9. The standard InChI is InChI=1S/C27H42O4/c1-4-5-6-7-23-8-10-24(11-9-23)25-16-26(30-14-12-21(2)19-28)18-27(17-25)31-15-13-22(3)20-29/h16-18,23-24,28-29H,2-15,19-20H2,1H3. The van der Waals surface area contributed by atoms with Crippen LogP contribution in [0, 0.1) is 5.92 Å².